The molecule has 1 fully saturated rings. The molecule has 4 aromatic rings. The van der Waals surface area contributed by atoms with Crippen LogP contribution in [0.2, 0.25) is 0 Å². The number of ether oxygens (including phenoxy) is 2. The maximum absolute atomic E-state index is 14.4. The number of benzene rings is 1. The number of fused-ring (bicyclic) bond motifs is 1. The molecule has 1 aliphatic rings. The molecule has 0 aliphatic carbocycles. The number of halogens is 1. The zero-order chi connectivity index (χ0) is 28.8. The third kappa shape index (κ3) is 4.62. The Kier molecular flexibility index (Phi) is 7.36. The summed E-state index contributed by atoms with van der Waals surface area (Å²) >= 11 is 1.21. The summed E-state index contributed by atoms with van der Waals surface area (Å²) in [7, 11) is 3.14. The maximum Gasteiger partial charge on any atom is 0.332 e. The number of amides is 1. The molecule has 0 radical (unpaired) electrons. The van der Waals surface area contributed by atoms with Crippen molar-refractivity contribution in [2.45, 2.75) is 51.8 Å². The van der Waals surface area contributed by atoms with E-state index in [1.807, 2.05) is 6.92 Å². The third-order valence-corrected chi connectivity index (χ3v) is 8.55. The largest absolute Gasteiger partial charge is 0.496 e. The Morgan fingerprint density at radius 1 is 1.20 bits per heavy atom. The van der Waals surface area contributed by atoms with Crippen LogP contribution >= 0.6 is 11.3 Å². The molecule has 1 aliphatic heterocycles. The van der Waals surface area contributed by atoms with E-state index < -0.39 is 28.7 Å². The predicted molar refractivity (Wildman–Crippen MR) is 148 cm³/mol. The smallest absolute Gasteiger partial charge is 0.332 e. The van der Waals surface area contributed by atoms with Gasteiger partial charge in [0, 0.05) is 31.3 Å². The van der Waals surface area contributed by atoms with Crippen LogP contribution in [0.5, 0.6) is 5.75 Å². The van der Waals surface area contributed by atoms with Crippen molar-refractivity contribution in [3.8, 4) is 10.8 Å². The topological polar surface area (TPSA) is 113 Å². The number of aryl methyl sites for hydroxylation is 1. The standard InChI is InChI=1S/C27H31FN6O5S/c1-6-11-39-20(18-12-17(28)7-8-19(18)38-5)14-32-25-22(16(2)24(40-25)34-29-9-10-30-34)23(36)33(26(32)37)27(3)13-21(35)31(4)15-27/h7-10,12,20H,6,11,13-15H2,1-5H3/t20-,27-/m0/s1. The molecule has 1 saturated heterocycles. The van der Waals surface area contributed by atoms with Gasteiger partial charge in [0.1, 0.15) is 27.5 Å². The summed E-state index contributed by atoms with van der Waals surface area (Å²) in [5.41, 5.74) is -1.07. The Labute approximate surface area is 233 Å². The van der Waals surface area contributed by atoms with Crippen LogP contribution in [0.25, 0.3) is 15.2 Å². The Bertz CT molecular complexity index is 1690. The summed E-state index contributed by atoms with van der Waals surface area (Å²) < 4.78 is 28.8. The van der Waals surface area contributed by atoms with Gasteiger partial charge in [-0.25, -0.2) is 9.18 Å². The molecular formula is C27H31FN6O5S. The summed E-state index contributed by atoms with van der Waals surface area (Å²) in [5.74, 6) is -0.209. The number of nitrogens with zero attached hydrogens (tertiary/aromatic N) is 6. The van der Waals surface area contributed by atoms with E-state index >= 15 is 0 Å². The second-order valence-electron chi connectivity index (χ2n) is 10.2. The highest BCUT2D eigenvalue weighted by Crippen LogP contribution is 2.35. The number of hydrogen-bond donors (Lipinski definition) is 0. The van der Waals surface area contributed by atoms with Crippen molar-refractivity contribution >= 4 is 27.5 Å². The van der Waals surface area contributed by atoms with Gasteiger partial charge in [0.25, 0.3) is 5.56 Å². The number of methoxy groups -OCH3 is 1. The van der Waals surface area contributed by atoms with E-state index in [1.54, 1.807) is 20.9 Å². The normalized spacial score (nSPS) is 18.1. The van der Waals surface area contributed by atoms with E-state index in [1.165, 1.54) is 67.9 Å². The van der Waals surface area contributed by atoms with E-state index in [4.69, 9.17) is 9.47 Å². The minimum absolute atomic E-state index is 0.00832. The van der Waals surface area contributed by atoms with Gasteiger partial charge >= 0.3 is 5.69 Å². The quantitative estimate of drug-likeness (QED) is 0.304. The SMILES string of the molecule is CCCO[C@@H](Cn1c(=O)n([C@@]2(C)CC(=O)N(C)C2)c(=O)c2c(C)c(-n3nccn3)sc21)c1cc(F)ccc1OC. The van der Waals surface area contributed by atoms with Crippen LogP contribution in [0.15, 0.2) is 40.2 Å². The number of carbonyl (C=O) groups excluding carboxylic acids is 1. The Hall–Kier alpha value is -3.84. The summed E-state index contributed by atoms with van der Waals surface area (Å²) in [6.45, 7) is 6.01. The average molecular weight is 571 g/mol. The minimum Gasteiger partial charge on any atom is -0.496 e. The first kappa shape index (κ1) is 27.7. The van der Waals surface area contributed by atoms with Crippen LogP contribution in [-0.2, 0) is 21.6 Å². The van der Waals surface area contributed by atoms with Gasteiger partial charge < -0.3 is 14.4 Å². The van der Waals surface area contributed by atoms with E-state index in [0.717, 1.165) is 0 Å². The zero-order valence-corrected chi connectivity index (χ0v) is 23.8. The monoisotopic (exact) mass is 570 g/mol. The number of likely N-dealkylation sites (tertiary alicyclic amines) is 1. The predicted octanol–water partition coefficient (Wildman–Crippen LogP) is 3.01. The van der Waals surface area contributed by atoms with Gasteiger partial charge in [-0.2, -0.15) is 10.2 Å². The third-order valence-electron chi connectivity index (χ3n) is 7.27. The van der Waals surface area contributed by atoms with Gasteiger partial charge in [-0.15, -0.1) is 4.80 Å². The van der Waals surface area contributed by atoms with E-state index in [0.29, 0.717) is 45.1 Å². The summed E-state index contributed by atoms with van der Waals surface area (Å²) in [4.78, 5) is 44.2. The van der Waals surface area contributed by atoms with Gasteiger partial charge in [0.2, 0.25) is 5.91 Å². The summed E-state index contributed by atoms with van der Waals surface area (Å²) in [5, 5.41) is 9.37. The summed E-state index contributed by atoms with van der Waals surface area (Å²) in [6, 6.07) is 4.15. The molecule has 0 saturated carbocycles. The van der Waals surface area contributed by atoms with Crippen molar-refractivity contribution in [2.24, 2.45) is 0 Å². The highest BCUT2D eigenvalue weighted by Gasteiger charge is 2.42. The van der Waals surface area contributed by atoms with Crippen molar-refractivity contribution in [3.05, 3.63) is 68.4 Å². The number of hydrogen-bond acceptors (Lipinski definition) is 8. The van der Waals surface area contributed by atoms with E-state index in [-0.39, 0.29) is 25.4 Å². The second-order valence-corrected chi connectivity index (χ2v) is 11.2. The molecule has 1 aromatic carbocycles. The molecule has 2 atom stereocenters. The number of rotatable bonds is 9. The van der Waals surface area contributed by atoms with Gasteiger partial charge in [-0.1, -0.05) is 18.3 Å². The van der Waals surface area contributed by atoms with Crippen LogP contribution in [0.1, 0.15) is 43.9 Å². The van der Waals surface area contributed by atoms with Crippen molar-refractivity contribution in [1.29, 1.82) is 0 Å². The molecule has 212 valence electrons. The number of aromatic nitrogens is 5. The van der Waals surface area contributed by atoms with Crippen LogP contribution in [-0.4, -0.2) is 62.2 Å². The molecule has 0 bridgehead atoms. The lowest BCUT2D eigenvalue weighted by Gasteiger charge is -2.27. The fraction of sp³-hybridized carbons (Fsp3) is 0.444. The van der Waals surface area contributed by atoms with Gasteiger partial charge in [0.15, 0.2) is 0 Å². The molecule has 3 aromatic heterocycles. The molecule has 13 heteroatoms. The highest BCUT2D eigenvalue weighted by atomic mass is 32.1. The van der Waals surface area contributed by atoms with Gasteiger partial charge in [0.05, 0.1) is 43.4 Å². The van der Waals surface area contributed by atoms with Crippen molar-refractivity contribution < 1.29 is 18.7 Å². The highest BCUT2D eigenvalue weighted by molar-refractivity contribution is 7.21. The first-order valence-electron chi connectivity index (χ1n) is 12.9. The van der Waals surface area contributed by atoms with Crippen LogP contribution in [0, 0.1) is 12.7 Å². The molecule has 1 amide bonds. The lowest BCUT2D eigenvalue weighted by Crippen LogP contribution is -2.51. The Balaban J connectivity index is 1.79. The van der Waals surface area contributed by atoms with E-state index in [9.17, 15) is 18.8 Å². The molecule has 0 N–H and O–H groups in total. The molecule has 40 heavy (non-hydrogen) atoms. The lowest BCUT2D eigenvalue weighted by molar-refractivity contribution is -0.126. The average Bonchev–Trinajstić information content (AvgIpc) is 3.62. The van der Waals surface area contributed by atoms with Crippen molar-refractivity contribution in [3.63, 3.8) is 0 Å². The van der Waals surface area contributed by atoms with Crippen LogP contribution in [0.3, 0.4) is 0 Å². The number of likely N-dealkylation sites (N-methyl/N-ethyl adjacent to an activating group) is 1. The molecule has 0 spiro atoms. The molecule has 0 unspecified atom stereocenters. The van der Waals surface area contributed by atoms with Crippen LogP contribution in [0.4, 0.5) is 4.39 Å². The number of thiophene rings is 1. The lowest BCUT2D eigenvalue weighted by atomic mass is 10.0. The number of carbonyl (C=O) groups is 1. The fourth-order valence-electron chi connectivity index (χ4n) is 5.37. The van der Waals surface area contributed by atoms with Gasteiger partial charge in [-0.05, 0) is 38.5 Å². The first-order valence-corrected chi connectivity index (χ1v) is 13.8. The van der Waals surface area contributed by atoms with E-state index in [2.05, 4.69) is 10.2 Å². The van der Waals surface area contributed by atoms with Crippen molar-refractivity contribution in [2.75, 3.05) is 27.3 Å². The minimum atomic E-state index is -1.06. The zero-order valence-electron chi connectivity index (χ0n) is 23.0. The molecular weight excluding hydrogens is 539 g/mol. The molecule has 5 rings (SSSR count). The molecule has 11 nitrogen and oxygen atoms in total. The second kappa shape index (κ2) is 10.6. The molecule has 4 heterocycles. The Morgan fingerprint density at radius 3 is 2.55 bits per heavy atom. The van der Waals surface area contributed by atoms with Gasteiger partial charge in [-0.3, -0.25) is 18.7 Å². The van der Waals surface area contributed by atoms with Crippen LogP contribution < -0.4 is 16.0 Å². The fourth-order valence-corrected chi connectivity index (χ4v) is 6.59. The Morgan fingerprint density at radius 2 is 1.93 bits per heavy atom. The summed E-state index contributed by atoms with van der Waals surface area (Å²) in [6.07, 6.45) is 2.99. The first-order chi connectivity index (χ1) is 19.1. The maximum atomic E-state index is 14.4. The van der Waals surface area contributed by atoms with Crippen molar-refractivity contribution in [1.82, 2.24) is 29.0 Å².